The zero-order valence-corrected chi connectivity index (χ0v) is 21.1. The van der Waals surface area contributed by atoms with Gasteiger partial charge in [0.05, 0.1) is 13.1 Å². The van der Waals surface area contributed by atoms with E-state index < -0.39 is 29.8 Å². The summed E-state index contributed by atoms with van der Waals surface area (Å²) in [6, 6.07) is 15.3. The molecule has 2 aromatic rings. The van der Waals surface area contributed by atoms with Gasteiger partial charge in [-0.25, -0.2) is 4.79 Å². The summed E-state index contributed by atoms with van der Waals surface area (Å²) in [5.41, 5.74) is 1.45. The van der Waals surface area contributed by atoms with Gasteiger partial charge in [0.15, 0.2) is 0 Å². The Bertz CT molecular complexity index is 1220. The number of anilines is 1. The number of carboxylic acids is 1. The van der Waals surface area contributed by atoms with Crippen LogP contribution in [-0.4, -0.2) is 83.4 Å². The fourth-order valence-corrected chi connectivity index (χ4v) is 3.66. The number of hydrogen-bond acceptors (Lipinski definition) is 7. The molecule has 0 unspecified atom stereocenters. The van der Waals surface area contributed by atoms with Gasteiger partial charge in [0.25, 0.3) is 5.91 Å². The van der Waals surface area contributed by atoms with Gasteiger partial charge in [-0.3, -0.25) is 29.9 Å². The molecule has 0 spiro atoms. The lowest BCUT2D eigenvalue weighted by Gasteiger charge is -2.34. The van der Waals surface area contributed by atoms with Crippen molar-refractivity contribution in [3.63, 3.8) is 0 Å². The molecule has 3 rings (SSSR count). The lowest BCUT2D eigenvalue weighted by Crippen LogP contribution is -2.56. The van der Waals surface area contributed by atoms with Crippen LogP contribution in [0.2, 0.25) is 0 Å². The molecule has 0 atom stereocenters. The number of guanidine groups is 1. The van der Waals surface area contributed by atoms with Crippen LogP contribution in [0.15, 0.2) is 54.6 Å². The van der Waals surface area contributed by atoms with E-state index in [0.29, 0.717) is 17.7 Å². The standard InChI is InChI=1S/C26H30N6O7/c27-25(30-26(38)39-17-18-6-2-1-3-7-18)32-13-12-31(22(34)16-32)15-21(33)29-20-9-4-8-19(14-20)24(37)28-11-5-10-23(35)36/h1-4,6-9,14H,5,10-13,15-17H2,(H,28,37)(H,29,33)(H,35,36)(H2,27,30,38). The van der Waals surface area contributed by atoms with Crippen LogP contribution in [0.5, 0.6) is 0 Å². The summed E-state index contributed by atoms with van der Waals surface area (Å²) in [6.45, 7) is 0.225. The molecule has 4 amide bonds. The van der Waals surface area contributed by atoms with E-state index in [1.165, 1.54) is 15.9 Å². The molecule has 0 aliphatic carbocycles. The monoisotopic (exact) mass is 538 g/mol. The van der Waals surface area contributed by atoms with E-state index >= 15 is 0 Å². The Morgan fingerprint density at radius 1 is 1.03 bits per heavy atom. The summed E-state index contributed by atoms with van der Waals surface area (Å²) in [4.78, 5) is 62.7. The number of nitrogens with one attached hydrogen (secondary N) is 4. The van der Waals surface area contributed by atoms with Gasteiger partial charge >= 0.3 is 12.1 Å². The predicted octanol–water partition coefficient (Wildman–Crippen LogP) is 1.23. The smallest absolute Gasteiger partial charge is 0.414 e. The van der Waals surface area contributed by atoms with E-state index in [9.17, 15) is 24.0 Å². The molecule has 0 radical (unpaired) electrons. The van der Waals surface area contributed by atoms with Crippen LogP contribution in [0.25, 0.3) is 0 Å². The molecule has 1 aliphatic rings. The maximum Gasteiger partial charge on any atom is 0.414 e. The molecule has 13 heteroatoms. The third kappa shape index (κ3) is 9.46. The van der Waals surface area contributed by atoms with E-state index in [0.717, 1.165) is 5.56 Å². The maximum absolute atomic E-state index is 12.6. The van der Waals surface area contributed by atoms with Crippen LogP contribution in [0.3, 0.4) is 0 Å². The Balaban J connectivity index is 1.41. The van der Waals surface area contributed by atoms with Crippen LogP contribution in [-0.2, 0) is 25.7 Å². The highest BCUT2D eigenvalue weighted by Crippen LogP contribution is 2.12. The second-order valence-electron chi connectivity index (χ2n) is 8.65. The average molecular weight is 539 g/mol. The molecule has 0 bridgehead atoms. The quantitative estimate of drug-likeness (QED) is 0.170. The van der Waals surface area contributed by atoms with Gasteiger partial charge in [-0.05, 0) is 30.2 Å². The third-order valence-electron chi connectivity index (χ3n) is 5.66. The van der Waals surface area contributed by atoms with Gasteiger partial charge in [0.2, 0.25) is 17.8 Å². The molecule has 1 fully saturated rings. The fourth-order valence-electron chi connectivity index (χ4n) is 3.66. The second kappa shape index (κ2) is 14.1. The molecule has 5 N–H and O–H groups in total. The number of carboxylic acid groups (broad SMARTS) is 1. The molecule has 1 heterocycles. The summed E-state index contributed by atoms with van der Waals surface area (Å²) < 4.78 is 5.09. The highest BCUT2D eigenvalue weighted by atomic mass is 16.5. The Morgan fingerprint density at radius 2 is 1.79 bits per heavy atom. The van der Waals surface area contributed by atoms with Crippen molar-refractivity contribution >= 4 is 41.4 Å². The molecule has 1 saturated heterocycles. The first-order valence-corrected chi connectivity index (χ1v) is 12.2. The Labute approximate surface area is 224 Å². The van der Waals surface area contributed by atoms with Crippen molar-refractivity contribution in [1.82, 2.24) is 20.4 Å². The molecular weight excluding hydrogens is 508 g/mol. The first-order valence-electron chi connectivity index (χ1n) is 12.2. The molecular formula is C26H30N6O7. The van der Waals surface area contributed by atoms with Gasteiger partial charge in [-0.15, -0.1) is 0 Å². The number of piperazine rings is 1. The van der Waals surface area contributed by atoms with Gasteiger partial charge < -0.3 is 30.3 Å². The van der Waals surface area contributed by atoms with E-state index in [1.807, 2.05) is 18.2 Å². The predicted molar refractivity (Wildman–Crippen MR) is 140 cm³/mol. The number of carbonyl (C=O) groups excluding carboxylic acids is 4. The number of aliphatic carboxylic acids is 1. The van der Waals surface area contributed by atoms with E-state index in [2.05, 4.69) is 16.0 Å². The molecule has 13 nitrogen and oxygen atoms in total. The first kappa shape index (κ1) is 28.6. The van der Waals surface area contributed by atoms with Crippen molar-refractivity contribution in [3.8, 4) is 0 Å². The highest BCUT2D eigenvalue weighted by molar-refractivity contribution is 5.99. The number of ether oxygens (including phenoxy) is 1. The minimum absolute atomic E-state index is 0.0438. The number of benzene rings is 2. The zero-order chi connectivity index (χ0) is 28.2. The number of rotatable bonds is 10. The topological polar surface area (TPSA) is 181 Å². The van der Waals surface area contributed by atoms with Crippen molar-refractivity contribution in [2.75, 3.05) is 38.0 Å². The number of nitrogens with zero attached hydrogens (tertiary/aromatic N) is 2. The van der Waals surface area contributed by atoms with Crippen molar-refractivity contribution in [3.05, 3.63) is 65.7 Å². The first-order chi connectivity index (χ1) is 18.7. The molecule has 1 aliphatic heterocycles. The molecule has 0 saturated carbocycles. The number of carbonyl (C=O) groups is 5. The van der Waals surface area contributed by atoms with Crippen molar-refractivity contribution in [2.45, 2.75) is 19.4 Å². The third-order valence-corrected chi connectivity index (χ3v) is 5.66. The molecule has 0 aromatic heterocycles. The normalized spacial score (nSPS) is 12.9. The summed E-state index contributed by atoms with van der Waals surface area (Å²) >= 11 is 0. The Kier molecular flexibility index (Phi) is 10.4. The lowest BCUT2D eigenvalue weighted by molar-refractivity contribution is -0.137. The number of amides is 4. The summed E-state index contributed by atoms with van der Waals surface area (Å²) in [5.74, 6) is -2.47. The van der Waals surface area contributed by atoms with Crippen LogP contribution in [0.1, 0.15) is 28.8 Å². The maximum atomic E-state index is 12.6. The van der Waals surface area contributed by atoms with Crippen LogP contribution in [0.4, 0.5) is 10.5 Å². The lowest BCUT2D eigenvalue weighted by atomic mass is 10.2. The van der Waals surface area contributed by atoms with E-state index in [1.54, 1.807) is 30.3 Å². The highest BCUT2D eigenvalue weighted by Gasteiger charge is 2.28. The van der Waals surface area contributed by atoms with Crippen LogP contribution >= 0.6 is 0 Å². The van der Waals surface area contributed by atoms with Crippen molar-refractivity contribution in [2.24, 2.45) is 0 Å². The van der Waals surface area contributed by atoms with E-state index in [4.69, 9.17) is 15.3 Å². The average Bonchev–Trinajstić information content (AvgIpc) is 2.91. The zero-order valence-electron chi connectivity index (χ0n) is 21.1. The van der Waals surface area contributed by atoms with Crippen LogP contribution < -0.4 is 16.0 Å². The second-order valence-corrected chi connectivity index (χ2v) is 8.65. The van der Waals surface area contributed by atoms with Crippen molar-refractivity contribution < 1.29 is 33.8 Å². The van der Waals surface area contributed by atoms with Gasteiger partial charge in [0.1, 0.15) is 6.61 Å². The summed E-state index contributed by atoms with van der Waals surface area (Å²) in [5, 5.41) is 24.3. The minimum atomic E-state index is -0.942. The van der Waals surface area contributed by atoms with Gasteiger partial charge in [-0.2, -0.15) is 0 Å². The number of hydrogen-bond donors (Lipinski definition) is 5. The van der Waals surface area contributed by atoms with Crippen LogP contribution in [0, 0.1) is 5.41 Å². The van der Waals surface area contributed by atoms with Crippen molar-refractivity contribution in [1.29, 1.82) is 5.41 Å². The van der Waals surface area contributed by atoms with Gasteiger partial charge in [0, 0.05) is 37.3 Å². The van der Waals surface area contributed by atoms with Gasteiger partial charge in [-0.1, -0.05) is 36.4 Å². The largest absolute Gasteiger partial charge is 0.481 e. The molecule has 39 heavy (non-hydrogen) atoms. The molecule has 206 valence electrons. The molecule has 2 aromatic carbocycles. The fraction of sp³-hybridized carbons (Fsp3) is 0.308. The summed E-state index contributed by atoms with van der Waals surface area (Å²) in [7, 11) is 0. The number of alkyl carbamates (subject to hydrolysis) is 1. The Morgan fingerprint density at radius 3 is 2.51 bits per heavy atom. The minimum Gasteiger partial charge on any atom is -0.481 e. The summed E-state index contributed by atoms with van der Waals surface area (Å²) in [6.07, 6.45) is -0.566. The Hall–Kier alpha value is -4.94. The van der Waals surface area contributed by atoms with E-state index in [-0.39, 0.29) is 51.7 Å². The SMILES string of the molecule is N=C(NC(=O)OCc1ccccc1)N1CCN(CC(=O)Nc2cccc(C(=O)NCCCC(=O)O)c2)C(=O)C1.